The Labute approximate surface area is 225 Å². The lowest BCUT2D eigenvalue weighted by atomic mass is 9.63. The zero-order valence-corrected chi connectivity index (χ0v) is 21.7. The molecule has 2 heterocycles. The predicted octanol–water partition coefficient (Wildman–Crippen LogP) is 5.28. The van der Waals surface area contributed by atoms with Crippen LogP contribution in [0.25, 0.3) is 0 Å². The van der Waals surface area contributed by atoms with Crippen molar-refractivity contribution in [3.05, 3.63) is 88.5 Å². The lowest BCUT2D eigenvalue weighted by Crippen LogP contribution is -2.47. The van der Waals surface area contributed by atoms with Crippen molar-refractivity contribution in [2.75, 3.05) is 13.1 Å². The zero-order chi connectivity index (χ0) is 28.6. The predicted molar refractivity (Wildman–Crippen MR) is 139 cm³/mol. The molecule has 1 aliphatic heterocycles. The van der Waals surface area contributed by atoms with Gasteiger partial charge in [-0.1, -0.05) is 48.9 Å². The third-order valence-electron chi connectivity index (χ3n) is 7.09. The van der Waals surface area contributed by atoms with E-state index in [0.29, 0.717) is 12.0 Å². The van der Waals surface area contributed by atoms with Crippen LogP contribution >= 0.6 is 0 Å². The number of carbonyl (C=O) groups is 1. The van der Waals surface area contributed by atoms with E-state index in [9.17, 15) is 18.4 Å². The van der Waals surface area contributed by atoms with Crippen molar-refractivity contribution in [1.82, 2.24) is 15.3 Å². The fraction of sp³-hybridized carbons (Fsp3) is 0.379. The Morgan fingerprint density at radius 1 is 1.21 bits per heavy atom. The summed E-state index contributed by atoms with van der Waals surface area (Å²) in [6.45, 7) is 6.00. The molecule has 2 aromatic carbocycles. The van der Waals surface area contributed by atoms with E-state index in [1.54, 1.807) is 0 Å². The number of halogens is 3. The van der Waals surface area contributed by atoms with E-state index >= 15 is 0 Å². The molecular formula is C29H30F3N5O2. The Morgan fingerprint density at radius 3 is 2.49 bits per heavy atom. The van der Waals surface area contributed by atoms with Crippen LogP contribution < -0.4 is 5.32 Å². The van der Waals surface area contributed by atoms with E-state index in [-0.39, 0.29) is 11.8 Å². The quantitative estimate of drug-likeness (QED) is 0.393. The molecule has 1 saturated heterocycles. The molecular weight excluding hydrogens is 507 g/mol. The molecule has 0 spiro atoms. The van der Waals surface area contributed by atoms with Crippen LogP contribution in [0.3, 0.4) is 0 Å². The first-order valence-corrected chi connectivity index (χ1v) is 12.5. The second kappa shape index (κ2) is 12.6. The topological polar surface area (TPSA) is 126 Å². The molecule has 1 fully saturated rings. The number of imidazole rings is 1. The van der Waals surface area contributed by atoms with Crippen molar-refractivity contribution in [2.24, 2.45) is 11.3 Å². The van der Waals surface area contributed by atoms with E-state index < -0.39 is 17.6 Å². The van der Waals surface area contributed by atoms with E-state index in [1.807, 2.05) is 30.5 Å². The molecule has 0 amide bonds. The van der Waals surface area contributed by atoms with Crippen LogP contribution in [0.2, 0.25) is 0 Å². The molecule has 3 unspecified atom stereocenters. The standard InChI is InChI=1S/C27H29N5.C2HF3O2/c1-19-4-3-5-23(12-19)14-27(18-29)10-11-30-16-24(27)20(2)25-17-31-26(32-25)13-21-6-8-22(15-28)9-7-21;3-2(4,5)1(6)7/h3-9,12,17,20,24,30H,10-11,13-14,16H2,1-2H3,(H,31,32);(H,6,7). The maximum absolute atomic E-state index is 10.6. The number of aromatic amines is 1. The van der Waals surface area contributed by atoms with Crippen LogP contribution in [0, 0.1) is 40.9 Å². The smallest absolute Gasteiger partial charge is 0.475 e. The first-order valence-electron chi connectivity index (χ1n) is 12.5. The molecule has 10 heteroatoms. The van der Waals surface area contributed by atoms with Gasteiger partial charge < -0.3 is 15.4 Å². The summed E-state index contributed by atoms with van der Waals surface area (Å²) in [5.41, 5.74) is 4.91. The molecule has 4 rings (SSSR count). The number of hydrogen-bond acceptors (Lipinski definition) is 5. The van der Waals surface area contributed by atoms with E-state index in [4.69, 9.17) is 15.2 Å². The number of aromatic nitrogens is 2. The van der Waals surface area contributed by atoms with Gasteiger partial charge in [-0.25, -0.2) is 9.78 Å². The number of nitriles is 2. The molecule has 0 bridgehead atoms. The lowest BCUT2D eigenvalue weighted by Gasteiger charge is -2.42. The van der Waals surface area contributed by atoms with Gasteiger partial charge in [0.15, 0.2) is 0 Å². The minimum atomic E-state index is -5.08. The summed E-state index contributed by atoms with van der Waals surface area (Å²) in [6.07, 6.45) is -0.853. The normalized spacial score (nSPS) is 19.6. The van der Waals surface area contributed by atoms with Crippen molar-refractivity contribution in [2.45, 2.75) is 45.2 Å². The Kier molecular flexibility index (Phi) is 9.50. The minimum absolute atomic E-state index is 0.175. The molecule has 39 heavy (non-hydrogen) atoms. The Bertz CT molecular complexity index is 1350. The van der Waals surface area contributed by atoms with Gasteiger partial charge in [0.05, 0.1) is 23.1 Å². The van der Waals surface area contributed by atoms with Gasteiger partial charge in [0.2, 0.25) is 0 Å². The second-order valence-corrected chi connectivity index (χ2v) is 9.86. The Balaban J connectivity index is 0.000000532. The minimum Gasteiger partial charge on any atom is -0.475 e. The molecule has 3 N–H and O–H groups in total. The summed E-state index contributed by atoms with van der Waals surface area (Å²) in [4.78, 5) is 17.0. The average Bonchev–Trinajstić information content (AvgIpc) is 3.37. The summed E-state index contributed by atoms with van der Waals surface area (Å²) in [5, 5.41) is 30.0. The number of nitrogens with zero attached hydrogens (tertiary/aromatic N) is 3. The molecule has 1 aromatic heterocycles. The molecule has 7 nitrogen and oxygen atoms in total. The number of piperidine rings is 1. The van der Waals surface area contributed by atoms with Crippen LogP contribution in [0.1, 0.15) is 53.0 Å². The van der Waals surface area contributed by atoms with Crippen molar-refractivity contribution in [3.8, 4) is 12.1 Å². The highest BCUT2D eigenvalue weighted by Crippen LogP contribution is 2.44. The Morgan fingerprint density at radius 2 is 1.90 bits per heavy atom. The number of aliphatic carboxylic acids is 1. The maximum Gasteiger partial charge on any atom is 0.490 e. The van der Waals surface area contributed by atoms with Crippen molar-refractivity contribution in [1.29, 1.82) is 10.5 Å². The third-order valence-corrected chi connectivity index (χ3v) is 7.09. The number of nitrogens with one attached hydrogen (secondary N) is 2. The van der Waals surface area contributed by atoms with Gasteiger partial charge in [-0.2, -0.15) is 23.7 Å². The summed E-state index contributed by atoms with van der Waals surface area (Å²) in [5.74, 6) is -1.49. The molecule has 1 aliphatic rings. The van der Waals surface area contributed by atoms with Crippen LogP contribution in [-0.4, -0.2) is 40.3 Å². The Hall–Kier alpha value is -4.15. The van der Waals surface area contributed by atoms with E-state index in [0.717, 1.165) is 43.0 Å². The summed E-state index contributed by atoms with van der Waals surface area (Å²) >= 11 is 0. The SMILES string of the molecule is Cc1cccc(CC2(C#N)CCNCC2C(C)c2cnc(Cc3ccc(C#N)cc3)[nH]2)c1.O=C(O)C(F)(F)F. The van der Waals surface area contributed by atoms with Gasteiger partial charge in [0, 0.05) is 30.8 Å². The summed E-state index contributed by atoms with van der Waals surface area (Å²) in [6, 6.07) is 21.0. The highest BCUT2D eigenvalue weighted by Gasteiger charge is 2.44. The van der Waals surface area contributed by atoms with E-state index in [2.05, 4.69) is 65.5 Å². The molecule has 204 valence electrons. The van der Waals surface area contributed by atoms with Gasteiger partial charge in [-0.15, -0.1) is 0 Å². The number of alkyl halides is 3. The monoisotopic (exact) mass is 537 g/mol. The van der Waals surface area contributed by atoms with Crippen molar-refractivity contribution >= 4 is 5.97 Å². The third kappa shape index (κ3) is 7.68. The lowest BCUT2D eigenvalue weighted by molar-refractivity contribution is -0.192. The van der Waals surface area contributed by atoms with Crippen LogP contribution in [0.5, 0.6) is 0 Å². The number of carboxylic acids is 1. The van der Waals surface area contributed by atoms with Gasteiger partial charge in [-0.3, -0.25) is 0 Å². The van der Waals surface area contributed by atoms with Crippen molar-refractivity contribution < 1.29 is 23.1 Å². The molecule has 3 atom stereocenters. The van der Waals surface area contributed by atoms with Crippen molar-refractivity contribution in [3.63, 3.8) is 0 Å². The van der Waals surface area contributed by atoms with Crippen LogP contribution in [-0.2, 0) is 17.6 Å². The highest BCUT2D eigenvalue weighted by atomic mass is 19.4. The van der Waals surface area contributed by atoms with Gasteiger partial charge in [0.1, 0.15) is 5.82 Å². The van der Waals surface area contributed by atoms with Gasteiger partial charge >= 0.3 is 12.1 Å². The number of rotatable bonds is 6. The zero-order valence-electron chi connectivity index (χ0n) is 21.7. The number of benzene rings is 2. The molecule has 0 radical (unpaired) electrons. The molecule has 0 saturated carbocycles. The number of H-pyrrole nitrogens is 1. The second-order valence-electron chi connectivity index (χ2n) is 9.86. The number of carboxylic acid groups (broad SMARTS) is 1. The maximum atomic E-state index is 10.6. The fourth-order valence-corrected chi connectivity index (χ4v) is 5.00. The number of aryl methyl sites for hydroxylation is 1. The summed E-state index contributed by atoms with van der Waals surface area (Å²) in [7, 11) is 0. The van der Waals surface area contributed by atoms with Crippen LogP contribution in [0.15, 0.2) is 54.7 Å². The van der Waals surface area contributed by atoms with Gasteiger partial charge in [-0.05, 0) is 55.5 Å². The van der Waals surface area contributed by atoms with Crippen LogP contribution in [0.4, 0.5) is 13.2 Å². The largest absolute Gasteiger partial charge is 0.490 e. The number of hydrogen-bond donors (Lipinski definition) is 3. The fourth-order valence-electron chi connectivity index (χ4n) is 5.00. The average molecular weight is 538 g/mol. The highest BCUT2D eigenvalue weighted by molar-refractivity contribution is 5.73. The first kappa shape index (κ1) is 29.4. The first-order chi connectivity index (χ1) is 18.5. The van der Waals surface area contributed by atoms with Gasteiger partial charge in [0.25, 0.3) is 0 Å². The van der Waals surface area contributed by atoms with E-state index in [1.165, 1.54) is 11.1 Å². The molecule has 3 aromatic rings. The molecule has 0 aliphatic carbocycles. The summed E-state index contributed by atoms with van der Waals surface area (Å²) < 4.78 is 31.7.